The summed E-state index contributed by atoms with van der Waals surface area (Å²) in [5.74, 6) is 2.52. The average Bonchev–Trinajstić information content (AvgIpc) is 2.87. The second kappa shape index (κ2) is 4.98. The molecular formula is C20H32O2. The summed E-state index contributed by atoms with van der Waals surface area (Å²) in [6.45, 7) is 5.03. The van der Waals surface area contributed by atoms with Gasteiger partial charge in [0, 0.05) is 0 Å². The number of carboxylic acids is 1. The normalized spacial score (nSPS) is 54.2. The molecule has 0 amide bonds. The zero-order chi connectivity index (χ0) is 15.5. The smallest absolute Gasteiger partial charge is 0.306 e. The largest absolute Gasteiger partial charge is 0.481 e. The van der Waals surface area contributed by atoms with Crippen LogP contribution in [0.3, 0.4) is 0 Å². The van der Waals surface area contributed by atoms with E-state index in [1.807, 2.05) is 0 Å². The van der Waals surface area contributed by atoms with Gasteiger partial charge in [0.15, 0.2) is 0 Å². The lowest BCUT2D eigenvalue weighted by molar-refractivity contribution is -0.160. The molecule has 4 saturated carbocycles. The van der Waals surface area contributed by atoms with E-state index >= 15 is 0 Å². The SMILES string of the molecule is C[C@@]12CCC[C@H]1[C@@H]1CC[C@H]3C(C(=O)O)CCC[C@]3(C)[C@H]1CC2. The summed E-state index contributed by atoms with van der Waals surface area (Å²) < 4.78 is 0. The molecule has 2 heteroatoms. The Morgan fingerprint density at radius 3 is 2.41 bits per heavy atom. The van der Waals surface area contributed by atoms with E-state index in [1.54, 1.807) is 0 Å². The van der Waals surface area contributed by atoms with Gasteiger partial charge in [0.05, 0.1) is 5.92 Å². The molecule has 0 spiro atoms. The minimum atomic E-state index is -0.518. The highest BCUT2D eigenvalue weighted by Crippen LogP contribution is 2.66. The predicted octanol–water partition coefficient (Wildman–Crippen LogP) is 5.12. The van der Waals surface area contributed by atoms with Crippen molar-refractivity contribution in [2.45, 2.75) is 78.1 Å². The van der Waals surface area contributed by atoms with Gasteiger partial charge in [0.2, 0.25) is 0 Å². The number of rotatable bonds is 1. The maximum absolute atomic E-state index is 11.7. The number of hydrogen-bond donors (Lipinski definition) is 1. The highest BCUT2D eigenvalue weighted by molar-refractivity contribution is 5.70. The van der Waals surface area contributed by atoms with Gasteiger partial charge < -0.3 is 5.11 Å². The Kier molecular flexibility index (Phi) is 3.40. The van der Waals surface area contributed by atoms with E-state index in [9.17, 15) is 9.90 Å². The van der Waals surface area contributed by atoms with Crippen LogP contribution in [-0.2, 0) is 4.79 Å². The van der Waals surface area contributed by atoms with Crippen LogP contribution in [0.15, 0.2) is 0 Å². The summed E-state index contributed by atoms with van der Waals surface area (Å²) in [6.07, 6.45) is 12.9. The van der Waals surface area contributed by atoms with E-state index in [4.69, 9.17) is 0 Å². The van der Waals surface area contributed by atoms with Gasteiger partial charge >= 0.3 is 5.97 Å². The Balaban J connectivity index is 1.65. The average molecular weight is 304 g/mol. The Hall–Kier alpha value is -0.530. The van der Waals surface area contributed by atoms with E-state index in [2.05, 4.69) is 13.8 Å². The molecule has 0 saturated heterocycles. The van der Waals surface area contributed by atoms with Crippen molar-refractivity contribution in [2.24, 2.45) is 40.4 Å². The standard InChI is InChI=1S/C20H32O2/c1-19-10-4-6-15(19)13-7-8-16-14(18(21)22)5-3-11-20(16,2)17(13)9-12-19/h13-17H,3-12H2,1-2H3,(H,21,22)/t13-,14?,15-,16-,17-,19-,20-/m0/s1. The van der Waals surface area contributed by atoms with E-state index in [1.165, 1.54) is 51.4 Å². The number of hydrogen-bond acceptors (Lipinski definition) is 1. The van der Waals surface area contributed by atoms with Gasteiger partial charge in [-0.15, -0.1) is 0 Å². The lowest BCUT2D eigenvalue weighted by atomic mass is 9.44. The van der Waals surface area contributed by atoms with Gasteiger partial charge in [-0.2, -0.15) is 0 Å². The van der Waals surface area contributed by atoms with Crippen LogP contribution in [-0.4, -0.2) is 11.1 Å². The van der Waals surface area contributed by atoms with Crippen LogP contribution >= 0.6 is 0 Å². The molecule has 0 aromatic heterocycles. The molecule has 4 fully saturated rings. The maximum Gasteiger partial charge on any atom is 0.306 e. The maximum atomic E-state index is 11.7. The van der Waals surface area contributed by atoms with Crippen LogP contribution in [0.4, 0.5) is 0 Å². The monoisotopic (exact) mass is 304 g/mol. The van der Waals surface area contributed by atoms with Crippen LogP contribution in [0.5, 0.6) is 0 Å². The Morgan fingerprint density at radius 1 is 0.864 bits per heavy atom. The first-order valence-corrected chi connectivity index (χ1v) is 9.68. The lowest BCUT2D eigenvalue weighted by Crippen LogP contribution is -2.54. The van der Waals surface area contributed by atoms with Gasteiger partial charge in [-0.3, -0.25) is 4.79 Å². The number of carbonyl (C=O) groups is 1. The van der Waals surface area contributed by atoms with Crippen molar-refractivity contribution >= 4 is 5.97 Å². The Morgan fingerprint density at radius 2 is 1.64 bits per heavy atom. The van der Waals surface area contributed by atoms with Gasteiger partial charge in [0.1, 0.15) is 0 Å². The van der Waals surface area contributed by atoms with Crippen molar-refractivity contribution < 1.29 is 9.90 Å². The molecule has 0 aromatic carbocycles. The quantitative estimate of drug-likeness (QED) is 0.730. The van der Waals surface area contributed by atoms with Crippen molar-refractivity contribution in [3.8, 4) is 0 Å². The van der Waals surface area contributed by atoms with Crippen LogP contribution in [0, 0.1) is 40.4 Å². The van der Waals surface area contributed by atoms with Gasteiger partial charge in [-0.05, 0) is 85.9 Å². The molecule has 0 aromatic rings. The van der Waals surface area contributed by atoms with Crippen molar-refractivity contribution in [1.82, 2.24) is 0 Å². The first-order valence-electron chi connectivity index (χ1n) is 9.68. The molecule has 7 atom stereocenters. The summed E-state index contributed by atoms with van der Waals surface area (Å²) in [5, 5.41) is 9.68. The third kappa shape index (κ3) is 1.94. The second-order valence-electron chi connectivity index (χ2n) is 9.49. The first-order chi connectivity index (χ1) is 10.5. The highest BCUT2D eigenvalue weighted by atomic mass is 16.4. The van der Waals surface area contributed by atoms with Crippen molar-refractivity contribution in [3.63, 3.8) is 0 Å². The second-order valence-corrected chi connectivity index (χ2v) is 9.49. The van der Waals surface area contributed by atoms with Crippen molar-refractivity contribution in [2.75, 3.05) is 0 Å². The fraction of sp³-hybridized carbons (Fsp3) is 0.950. The number of fused-ring (bicyclic) bond motifs is 5. The molecular weight excluding hydrogens is 272 g/mol. The van der Waals surface area contributed by atoms with Crippen LogP contribution in [0.2, 0.25) is 0 Å². The molecule has 1 N–H and O–H groups in total. The van der Waals surface area contributed by atoms with E-state index < -0.39 is 5.97 Å². The third-order valence-corrected chi connectivity index (χ3v) is 8.76. The topological polar surface area (TPSA) is 37.3 Å². The summed E-state index contributed by atoms with van der Waals surface area (Å²) in [7, 11) is 0. The molecule has 4 aliphatic carbocycles. The molecule has 0 radical (unpaired) electrons. The summed E-state index contributed by atoms with van der Waals surface area (Å²) >= 11 is 0. The van der Waals surface area contributed by atoms with Gasteiger partial charge in [-0.1, -0.05) is 26.7 Å². The van der Waals surface area contributed by atoms with Crippen molar-refractivity contribution in [1.29, 1.82) is 0 Å². The molecule has 0 heterocycles. The van der Waals surface area contributed by atoms with Gasteiger partial charge in [0.25, 0.3) is 0 Å². The molecule has 4 aliphatic rings. The van der Waals surface area contributed by atoms with Crippen LogP contribution < -0.4 is 0 Å². The summed E-state index contributed by atoms with van der Waals surface area (Å²) in [4.78, 5) is 11.7. The Labute approximate surface area is 135 Å². The van der Waals surface area contributed by atoms with E-state index in [0.29, 0.717) is 16.7 Å². The van der Waals surface area contributed by atoms with Crippen LogP contribution in [0.1, 0.15) is 78.1 Å². The minimum absolute atomic E-state index is 0.0587. The molecule has 0 aliphatic heterocycles. The third-order valence-electron chi connectivity index (χ3n) is 8.76. The molecule has 1 unspecified atom stereocenters. The molecule has 0 bridgehead atoms. The zero-order valence-electron chi connectivity index (χ0n) is 14.3. The molecule has 124 valence electrons. The summed E-state index contributed by atoms with van der Waals surface area (Å²) in [5.41, 5.74) is 0.930. The fourth-order valence-electron chi connectivity index (χ4n) is 7.71. The lowest BCUT2D eigenvalue weighted by Gasteiger charge is -2.61. The zero-order valence-corrected chi connectivity index (χ0v) is 14.3. The number of carboxylic acid groups (broad SMARTS) is 1. The molecule has 4 rings (SSSR count). The Bertz CT molecular complexity index is 472. The fourth-order valence-corrected chi connectivity index (χ4v) is 7.71. The molecule has 2 nitrogen and oxygen atoms in total. The number of aliphatic carboxylic acids is 1. The minimum Gasteiger partial charge on any atom is -0.481 e. The van der Waals surface area contributed by atoms with E-state index in [0.717, 1.165) is 30.6 Å². The van der Waals surface area contributed by atoms with Crippen LogP contribution in [0.25, 0.3) is 0 Å². The summed E-state index contributed by atoms with van der Waals surface area (Å²) in [6, 6.07) is 0. The molecule has 22 heavy (non-hydrogen) atoms. The first kappa shape index (κ1) is 15.0. The van der Waals surface area contributed by atoms with E-state index in [-0.39, 0.29) is 5.92 Å². The predicted molar refractivity (Wildman–Crippen MR) is 87.5 cm³/mol. The van der Waals surface area contributed by atoms with Gasteiger partial charge in [-0.25, -0.2) is 0 Å². The van der Waals surface area contributed by atoms with Crippen molar-refractivity contribution in [3.05, 3.63) is 0 Å². The highest BCUT2D eigenvalue weighted by Gasteiger charge is 2.59.